The third-order valence-corrected chi connectivity index (χ3v) is 7.62. The average Bonchev–Trinajstić information content (AvgIpc) is 3.63. The van der Waals surface area contributed by atoms with Gasteiger partial charge >= 0.3 is 0 Å². The van der Waals surface area contributed by atoms with Crippen LogP contribution in [0.15, 0.2) is 47.0 Å². The first-order chi connectivity index (χ1) is 19.5. The van der Waals surface area contributed by atoms with Gasteiger partial charge in [0.25, 0.3) is 18.2 Å². The summed E-state index contributed by atoms with van der Waals surface area (Å²) in [7, 11) is 0. The van der Waals surface area contributed by atoms with E-state index in [1.54, 1.807) is 16.9 Å². The number of primary amides is 1. The predicted molar refractivity (Wildman–Crippen MR) is 152 cm³/mol. The highest BCUT2D eigenvalue weighted by Gasteiger charge is 2.27. The average molecular weight is 580 g/mol. The number of halogens is 2. The van der Waals surface area contributed by atoms with Gasteiger partial charge in [0.1, 0.15) is 33.5 Å². The molecular formula is C29H27F2N5O4S. The molecule has 5 aromatic rings. The number of furan rings is 1. The number of amides is 2. The maximum Gasteiger partial charge on any atom is 0.291 e. The Morgan fingerprint density at radius 3 is 2.49 bits per heavy atom. The van der Waals surface area contributed by atoms with Crippen molar-refractivity contribution < 1.29 is 27.5 Å². The van der Waals surface area contributed by atoms with Crippen molar-refractivity contribution in [2.75, 3.05) is 5.32 Å². The Morgan fingerprint density at radius 1 is 1.12 bits per heavy atom. The second-order valence-electron chi connectivity index (χ2n) is 9.54. The van der Waals surface area contributed by atoms with E-state index < -0.39 is 23.9 Å². The molecule has 0 atom stereocenters. The van der Waals surface area contributed by atoms with Crippen LogP contribution in [0.3, 0.4) is 0 Å². The molecule has 0 radical (unpaired) electrons. The Balaban J connectivity index is 1.51. The van der Waals surface area contributed by atoms with E-state index in [4.69, 9.17) is 14.9 Å². The van der Waals surface area contributed by atoms with Crippen molar-refractivity contribution in [2.45, 2.75) is 47.3 Å². The maximum atomic E-state index is 13.8. The van der Waals surface area contributed by atoms with Crippen molar-refractivity contribution in [1.82, 2.24) is 14.8 Å². The first-order valence-electron chi connectivity index (χ1n) is 12.7. The number of carbonyl (C=O) groups excluding carboxylic acids is 2. The van der Waals surface area contributed by atoms with Crippen LogP contribution in [-0.2, 0) is 13.2 Å². The molecule has 0 fully saturated rings. The van der Waals surface area contributed by atoms with Crippen LogP contribution in [0.2, 0.25) is 0 Å². The molecule has 0 saturated carbocycles. The molecule has 0 aliphatic heterocycles. The van der Waals surface area contributed by atoms with E-state index in [2.05, 4.69) is 15.4 Å². The number of alkyl halides is 2. The van der Waals surface area contributed by atoms with Crippen molar-refractivity contribution in [2.24, 2.45) is 5.73 Å². The van der Waals surface area contributed by atoms with Crippen LogP contribution in [0, 0.1) is 20.8 Å². The zero-order valence-electron chi connectivity index (χ0n) is 22.7. The topological polar surface area (TPSA) is 125 Å². The minimum atomic E-state index is -2.86. The molecule has 5 rings (SSSR count). The number of carbonyl (C=O) groups is 2. The number of nitrogens with two attached hydrogens (primary N) is 1. The van der Waals surface area contributed by atoms with Crippen LogP contribution in [0.5, 0.6) is 5.75 Å². The van der Waals surface area contributed by atoms with Gasteiger partial charge in [-0.2, -0.15) is 5.10 Å². The quantitative estimate of drug-likeness (QED) is 0.204. The minimum absolute atomic E-state index is 0.0287. The fourth-order valence-electron chi connectivity index (χ4n) is 4.69. The second kappa shape index (κ2) is 11.1. The highest BCUT2D eigenvalue weighted by atomic mass is 32.1. The highest BCUT2D eigenvalue weighted by Crippen LogP contribution is 2.43. The number of anilines is 1. The number of hydrogen-bond donors (Lipinski definition) is 2. The number of nitrogens with zero attached hydrogens (tertiary/aromatic N) is 3. The van der Waals surface area contributed by atoms with Crippen molar-refractivity contribution in [3.8, 4) is 16.9 Å². The number of fused-ring (bicyclic) bond motifs is 1. The van der Waals surface area contributed by atoms with Crippen molar-refractivity contribution in [1.29, 1.82) is 0 Å². The van der Waals surface area contributed by atoms with E-state index >= 15 is 0 Å². The van der Waals surface area contributed by atoms with Gasteiger partial charge in [0, 0.05) is 23.2 Å². The van der Waals surface area contributed by atoms with Crippen LogP contribution in [0.4, 0.5) is 14.5 Å². The zero-order chi connectivity index (χ0) is 29.4. The van der Waals surface area contributed by atoms with Gasteiger partial charge in [0.2, 0.25) is 0 Å². The number of benzene rings is 1. The molecule has 0 aliphatic carbocycles. The monoisotopic (exact) mass is 579 g/mol. The minimum Gasteiger partial charge on any atom is -0.486 e. The normalized spacial score (nSPS) is 11.4. The van der Waals surface area contributed by atoms with E-state index in [1.165, 1.54) is 12.1 Å². The lowest BCUT2D eigenvalue weighted by molar-refractivity contribution is 0.0992. The van der Waals surface area contributed by atoms with Gasteiger partial charge in [-0.3, -0.25) is 14.3 Å². The Hall–Kier alpha value is -4.58. The molecule has 212 valence electrons. The lowest BCUT2D eigenvalue weighted by atomic mass is 10.0. The van der Waals surface area contributed by atoms with Gasteiger partial charge in [0.15, 0.2) is 5.76 Å². The molecule has 12 heteroatoms. The summed E-state index contributed by atoms with van der Waals surface area (Å²) in [5.74, 6) is -0.449. The smallest absolute Gasteiger partial charge is 0.291 e. The van der Waals surface area contributed by atoms with E-state index in [0.29, 0.717) is 34.6 Å². The molecule has 0 aliphatic rings. The Labute approximate surface area is 237 Å². The summed E-state index contributed by atoms with van der Waals surface area (Å²) in [4.78, 5) is 29.9. The first kappa shape index (κ1) is 28.0. The van der Waals surface area contributed by atoms with Crippen molar-refractivity contribution >= 4 is 39.1 Å². The molecule has 4 heterocycles. The van der Waals surface area contributed by atoms with Crippen LogP contribution in [0.1, 0.15) is 61.9 Å². The third kappa shape index (κ3) is 5.55. The molecule has 0 spiro atoms. The standard InChI is InChI=1S/C29H27F2N5O4S/c1-5-36-16(4)20(12-33-36)19-11-21(26(30)31)34-29-23(19)24(25(41-29)27(32)37)35-28(38)22-7-6-17(40-22)13-39-18-9-14(2)8-15(3)10-18/h6-12,26H,5,13H2,1-4H3,(H2,32,37)(H,35,38). The molecule has 41 heavy (non-hydrogen) atoms. The number of ether oxygens (including phenoxy) is 1. The number of aryl methyl sites for hydroxylation is 3. The zero-order valence-corrected chi connectivity index (χ0v) is 23.6. The molecule has 2 amide bonds. The lowest BCUT2D eigenvalue weighted by Gasteiger charge is -2.10. The SMILES string of the molecule is CCn1ncc(-c2cc(C(F)F)nc3sc(C(N)=O)c(NC(=O)c4ccc(COc5cc(C)cc(C)c5)o4)c23)c1C. The van der Waals surface area contributed by atoms with Gasteiger partial charge in [-0.1, -0.05) is 6.07 Å². The Bertz CT molecular complexity index is 1770. The molecule has 1 aromatic carbocycles. The van der Waals surface area contributed by atoms with Crippen LogP contribution in [-0.4, -0.2) is 26.6 Å². The predicted octanol–water partition coefficient (Wildman–Crippen LogP) is 6.57. The number of hydrogen-bond acceptors (Lipinski definition) is 7. The molecule has 3 N–H and O–H groups in total. The van der Waals surface area contributed by atoms with Crippen molar-refractivity contribution in [3.05, 3.63) is 81.5 Å². The van der Waals surface area contributed by atoms with Gasteiger partial charge in [-0.25, -0.2) is 13.8 Å². The molecule has 0 saturated heterocycles. The van der Waals surface area contributed by atoms with Crippen LogP contribution >= 0.6 is 11.3 Å². The molecule has 9 nitrogen and oxygen atoms in total. The summed E-state index contributed by atoms with van der Waals surface area (Å²) in [6.45, 7) is 8.31. The number of pyridine rings is 1. The molecule has 0 bridgehead atoms. The van der Waals surface area contributed by atoms with Crippen LogP contribution < -0.4 is 15.8 Å². The van der Waals surface area contributed by atoms with Gasteiger partial charge in [0.05, 0.1) is 11.9 Å². The first-order valence-corrected chi connectivity index (χ1v) is 13.6. The van der Waals surface area contributed by atoms with Crippen molar-refractivity contribution in [3.63, 3.8) is 0 Å². The molecule has 4 aromatic heterocycles. The Morgan fingerprint density at radius 2 is 1.85 bits per heavy atom. The summed E-state index contributed by atoms with van der Waals surface area (Å²) in [6, 6.07) is 10.2. The molecular weight excluding hydrogens is 552 g/mol. The summed E-state index contributed by atoms with van der Waals surface area (Å²) in [5, 5.41) is 7.35. The highest BCUT2D eigenvalue weighted by molar-refractivity contribution is 7.21. The Kier molecular flexibility index (Phi) is 7.59. The summed E-state index contributed by atoms with van der Waals surface area (Å²) < 4.78 is 40.9. The van der Waals surface area contributed by atoms with Crippen LogP contribution in [0.25, 0.3) is 21.3 Å². The number of aromatic nitrogens is 3. The second-order valence-corrected chi connectivity index (χ2v) is 10.5. The largest absolute Gasteiger partial charge is 0.486 e. The van der Waals surface area contributed by atoms with Gasteiger partial charge in [-0.15, -0.1) is 11.3 Å². The molecule has 0 unspecified atom stereocenters. The lowest BCUT2D eigenvalue weighted by Crippen LogP contribution is -2.16. The van der Waals surface area contributed by atoms with Gasteiger partial charge < -0.3 is 20.2 Å². The fraction of sp³-hybridized carbons (Fsp3) is 0.241. The number of rotatable bonds is 9. The van der Waals surface area contributed by atoms with Gasteiger partial charge in [-0.05, 0) is 74.7 Å². The van der Waals surface area contributed by atoms with E-state index in [1.807, 2.05) is 45.9 Å². The number of thiophene rings is 1. The van der Waals surface area contributed by atoms with E-state index in [9.17, 15) is 18.4 Å². The summed E-state index contributed by atoms with van der Waals surface area (Å²) in [6.07, 6.45) is -1.30. The summed E-state index contributed by atoms with van der Waals surface area (Å²) in [5.41, 5.74) is 9.00. The maximum absolute atomic E-state index is 13.8. The third-order valence-electron chi connectivity index (χ3n) is 6.52. The van der Waals surface area contributed by atoms with E-state index in [-0.39, 0.29) is 27.8 Å². The number of nitrogens with one attached hydrogen (secondary N) is 1. The fourth-order valence-corrected chi connectivity index (χ4v) is 5.70. The summed E-state index contributed by atoms with van der Waals surface area (Å²) >= 11 is 0.830. The van der Waals surface area contributed by atoms with E-state index in [0.717, 1.165) is 28.2 Å².